The lowest BCUT2D eigenvalue weighted by molar-refractivity contribution is 0.966. The van der Waals surface area contributed by atoms with Gasteiger partial charge < -0.3 is 5.32 Å². The Morgan fingerprint density at radius 1 is 1.33 bits per heavy atom. The molecule has 0 aromatic carbocycles. The van der Waals surface area contributed by atoms with Crippen molar-refractivity contribution in [2.24, 2.45) is 0 Å². The Labute approximate surface area is 75.9 Å². The van der Waals surface area contributed by atoms with Crippen molar-refractivity contribution in [1.29, 1.82) is 0 Å². The molecule has 1 nitrogen and oxygen atoms in total. The highest BCUT2D eigenvalue weighted by Gasteiger charge is 2.01. The molecule has 0 spiro atoms. The summed E-state index contributed by atoms with van der Waals surface area (Å²) in [4.78, 5) is 0. The topological polar surface area (TPSA) is 12.0 Å². The molecular weight excluding hydrogens is 146 g/mol. The van der Waals surface area contributed by atoms with E-state index in [4.69, 9.17) is 0 Å². The highest BCUT2D eigenvalue weighted by molar-refractivity contribution is 5.41. The molecule has 0 aliphatic heterocycles. The van der Waals surface area contributed by atoms with Crippen LogP contribution in [0.3, 0.4) is 0 Å². The number of hydrogen-bond donors (Lipinski definition) is 1. The van der Waals surface area contributed by atoms with Gasteiger partial charge in [-0.1, -0.05) is 33.1 Å². The van der Waals surface area contributed by atoms with Crippen LogP contribution in [-0.4, -0.2) is 7.05 Å². The van der Waals surface area contributed by atoms with Crippen molar-refractivity contribution >= 4 is 0 Å². The Morgan fingerprint density at radius 3 is 2.25 bits per heavy atom. The zero-order valence-corrected chi connectivity index (χ0v) is 8.41. The third-order valence-corrected chi connectivity index (χ3v) is 1.86. The molecular formula is C11H19N. The molecule has 0 aliphatic carbocycles. The summed E-state index contributed by atoms with van der Waals surface area (Å²) in [5.74, 6) is 0. The van der Waals surface area contributed by atoms with E-state index in [1.54, 1.807) is 0 Å². The molecule has 0 saturated carbocycles. The first-order valence-electron chi connectivity index (χ1n) is 4.42. The van der Waals surface area contributed by atoms with Gasteiger partial charge in [-0.25, -0.2) is 0 Å². The summed E-state index contributed by atoms with van der Waals surface area (Å²) in [7, 11) is 1.91. The standard InChI is InChI=1S/C11H19N/c1-6-8-11(12-5)10(4)9(3)7-2/h8,12H,3-4,6-7H2,1-2,5H3/b11-8+. The third kappa shape index (κ3) is 2.95. The molecule has 0 aromatic rings. The molecule has 0 heterocycles. The Kier molecular flexibility index (Phi) is 5.18. The van der Waals surface area contributed by atoms with E-state index in [2.05, 4.69) is 38.4 Å². The van der Waals surface area contributed by atoms with Gasteiger partial charge in [0, 0.05) is 12.7 Å². The first-order valence-corrected chi connectivity index (χ1v) is 4.42. The van der Waals surface area contributed by atoms with Gasteiger partial charge in [0.25, 0.3) is 0 Å². The molecule has 0 saturated heterocycles. The van der Waals surface area contributed by atoms with E-state index < -0.39 is 0 Å². The van der Waals surface area contributed by atoms with Crippen molar-refractivity contribution in [3.8, 4) is 0 Å². The van der Waals surface area contributed by atoms with Gasteiger partial charge in [0.1, 0.15) is 0 Å². The molecule has 0 rings (SSSR count). The van der Waals surface area contributed by atoms with Gasteiger partial charge in [-0.15, -0.1) is 0 Å². The van der Waals surface area contributed by atoms with Crippen molar-refractivity contribution in [3.63, 3.8) is 0 Å². The van der Waals surface area contributed by atoms with Crippen LogP contribution < -0.4 is 5.32 Å². The Bertz CT molecular complexity index is 199. The average molecular weight is 165 g/mol. The first-order chi connectivity index (χ1) is 5.67. The normalized spacial score (nSPS) is 11.1. The zero-order valence-electron chi connectivity index (χ0n) is 8.41. The van der Waals surface area contributed by atoms with Crippen LogP contribution in [0.5, 0.6) is 0 Å². The van der Waals surface area contributed by atoms with E-state index >= 15 is 0 Å². The molecule has 0 fully saturated rings. The molecule has 0 aliphatic rings. The summed E-state index contributed by atoms with van der Waals surface area (Å²) >= 11 is 0. The van der Waals surface area contributed by atoms with Crippen molar-refractivity contribution < 1.29 is 0 Å². The second-order valence-corrected chi connectivity index (χ2v) is 2.71. The summed E-state index contributed by atoms with van der Waals surface area (Å²) < 4.78 is 0. The van der Waals surface area contributed by atoms with E-state index in [0.717, 1.165) is 29.7 Å². The molecule has 68 valence electrons. The summed E-state index contributed by atoms with van der Waals surface area (Å²) in [6.07, 6.45) is 4.11. The Balaban J connectivity index is 4.43. The predicted molar refractivity (Wildman–Crippen MR) is 56.0 cm³/mol. The van der Waals surface area contributed by atoms with Gasteiger partial charge in [0.2, 0.25) is 0 Å². The minimum atomic E-state index is 0.960. The molecule has 0 amide bonds. The van der Waals surface area contributed by atoms with Crippen LogP contribution >= 0.6 is 0 Å². The fraction of sp³-hybridized carbons (Fsp3) is 0.455. The van der Waals surface area contributed by atoms with Gasteiger partial charge in [-0.3, -0.25) is 0 Å². The maximum Gasteiger partial charge on any atom is 0.0367 e. The summed E-state index contributed by atoms with van der Waals surface area (Å²) in [5.41, 5.74) is 3.23. The lowest BCUT2D eigenvalue weighted by atomic mass is 10.0. The number of likely N-dealkylation sites (N-methyl/N-ethyl adjacent to an activating group) is 1. The van der Waals surface area contributed by atoms with Crippen LogP contribution in [0.25, 0.3) is 0 Å². The molecule has 0 atom stereocenters. The van der Waals surface area contributed by atoms with Crippen LogP contribution in [0, 0.1) is 0 Å². The van der Waals surface area contributed by atoms with Crippen molar-refractivity contribution in [2.75, 3.05) is 7.05 Å². The van der Waals surface area contributed by atoms with Gasteiger partial charge in [0.05, 0.1) is 0 Å². The van der Waals surface area contributed by atoms with Crippen molar-refractivity contribution in [1.82, 2.24) is 5.32 Å². The third-order valence-electron chi connectivity index (χ3n) is 1.86. The fourth-order valence-corrected chi connectivity index (χ4v) is 0.984. The maximum absolute atomic E-state index is 3.98. The van der Waals surface area contributed by atoms with Crippen LogP contribution in [0.4, 0.5) is 0 Å². The second-order valence-electron chi connectivity index (χ2n) is 2.71. The fourth-order valence-electron chi connectivity index (χ4n) is 0.984. The van der Waals surface area contributed by atoms with E-state index in [9.17, 15) is 0 Å². The lowest BCUT2D eigenvalue weighted by Crippen LogP contribution is -2.08. The highest BCUT2D eigenvalue weighted by Crippen LogP contribution is 2.16. The van der Waals surface area contributed by atoms with Gasteiger partial charge in [0.15, 0.2) is 0 Å². The smallest absolute Gasteiger partial charge is 0.0367 e. The Hall–Kier alpha value is -0.980. The molecule has 0 aromatic heterocycles. The van der Waals surface area contributed by atoms with Crippen LogP contribution in [0.1, 0.15) is 26.7 Å². The lowest BCUT2D eigenvalue weighted by Gasteiger charge is -2.11. The SMILES string of the molecule is C=C(CC)C(=C)/C(=C\CC)NC. The molecule has 0 bridgehead atoms. The summed E-state index contributed by atoms with van der Waals surface area (Å²) in [6.45, 7) is 12.1. The number of nitrogens with one attached hydrogen (secondary N) is 1. The van der Waals surface area contributed by atoms with Crippen LogP contribution in [0.2, 0.25) is 0 Å². The first kappa shape index (κ1) is 11.0. The van der Waals surface area contributed by atoms with E-state index in [0.29, 0.717) is 0 Å². The minimum Gasteiger partial charge on any atom is -0.388 e. The van der Waals surface area contributed by atoms with Crippen molar-refractivity contribution in [3.05, 3.63) is 36.1 Å². The van der Waals surface area contributed by atoms with Gasteiger partial charge in [-0.2, -0.15) is 0 Å². The number of allylic oxidation sites excluding steroid dienone is 2. The number of hydrogen-bond acceptors (Lipinski definition) is 1. The minimum absolute atomic E-state index is 0.960. The van der Waals surface area contributed by atoms with Crippen molar-refractivity contribution in [2.45, 2.75) is 26.7 Å². The van der Waals surface area contributed by atoms with Gasteiger partial charge in [-0.05, 0) is 24.0 Å². The van der Waals surface area contributed by atoms with Crippen LogP contribution in [0.15, 0.2) is 36.1 Å². The molecule has 0 radical (unpaired) electrons. The Morgan fingerprint density at radius 2 is 1.92 bits per heavy atom. The monoisotopic (exact) mass is 165 g/mol. The second kappa shape index (κ2) is 5.64. The molecule has 0 unspecified atom stereocenters. The molecule has 1 heteroatoms. The van der Waals surface area contributed by atoms with E-state index in [1.165, 1.54) is 0 Å². The highest BCUT2D eigenvalue weighted by atomic mass is 14.8. The summed E-state index contributed by atoms with van der Waals surface area (Å²) in [6, 6.07) is 0. The van der Waals surface area contributed by atoms with E-state index in [1.807, 2.05) is 7.05 Å². The number of rotatable bonds is 5. The van der Waals surface area contributed by atoms with Crippen LogP contribution in [-0.2, 0) is 0 Å². The van der Waals surface area contributed by atoms with Gasteiger partial charge >= 0.3 is 0 Å². The quantitative estimate of drug-likeness (QED) is 0.617. The average Bonchev–Trinajstić information content (AvgIpc) is 2.11. The summed E-state index contributed by atoms with van der Waals surface area (Å²) in [5, 5.41) is 3.12. The maximum atomic E-state index is 3.98. The zero-order chi connectivity index (χ0) is 9.56. The predicted octanol–water partition coefficient (Wildman–Crippen LogP) is 3.02. The molecule has 1 N–H and O–H groups in total. The van der Waals surface area contributed by atoms with E-state index in [-0.39, 0.29) is 0 Å². The molecule has 12 heavy (non-hydrogen) atoms. The largest absolute Gasteiger partial charge is 0.388 e.